The van der Waals surface area contributed by atoms with Crippen LogP contribution in [0, 0.1) is 5.82 Å². The van der Waals surface area contributed by atoms with Crippen molar-refractivity contribution < 1.29 is 9.18 Å². The maximum absolute atomic E-state index is 13.7. The summed E-state index contributed by atoms with van der Waals surface area (Å²) in [5, 5.41) is 11.7. The van der Waals surface area contributed by atoms with Gasteiger partial charge in [0.2, 0.25) is 0 Å². The topological polar surface area (TPSA) is 59.8 Å². The number of amides is 1. The number of carbonyl (C=O) groups excluding carboxylic acids is 1. The molecule has 0 unspecified atom stereocenters. The van der Waals surface area contributed by atoms with Gasteiger partial charge in [0.05, 0.1) is 20.6 Å². The number of anilines is 1. The highest BCUT2D eigenvalue weighted by atomic mass is 35.5. The van der Waals surface area contributed by atoms with Crippen molar-refractivity contribution in [3.63, 3.8) is 0 Å². The predicted octanol–water partition coefficient (Wildman–Crippen LogP) is 6.02. The summed E-state index contributed by atoms with van der Waals surface area (Å²) in [4.78, 5) is 12.6. The minimum absolute atomic E-state index is 0.0126. The highest BCUT2D eigenvalue weighted by Crippen LogP contribution is 2.32. The third-order valence-electron chi connectivity index (χ3n) is 4.83. The first-order valence-electron chi connectivity index (χ1n) is 9.12. The molecule has 1 N–H and O–H groups in total. The molecule has 4 rings (SSSR count). The maximum Gasteiger partial charge on any atom is 0.257 e. The molecule has 0 bridgehead atoms. The van der Waals surface area contributed by atoms with Crippen LogP contribution in [0.2, 0.25) is 15.1 Å². The van der Waals surface area contributed by atoms with Crippen LogP contribution in [0.15, 0.2) is 30.3 Å². The van der Waals surface area contributed by atoms with E-state index in [1.807, 2.05) is 0 Å². The van der Waals surface area contributed by atoms with Crippen molar-refractivity contribution >= 4 is 46.4 Å². The Bertz CT molecular complexity index is 1100. The van der Waals surface area contributed by atoms with E-state index in [2.05, 4.69) is 20.1 Å². The number of aromatic nitrogens is 3. The fourth-order valence-corrected chi connectivity index (χ4v) is 4.02. The second-order valence-corrected chi connectivity index (χ2v) is 8.02. The first-order valence-corrected chi connectivity index (χ1v) is 10.3. The van der Waals surface area contributed by atoms with Gasteiger partial charge in [-0.1, -0.05) is 41.2 Å². The monoisotopic (exact) mass is 452 g/mol. The normalized spacial score (nSPS) is 13.7. The van der Waals surface area contributed by atoms with Gasteiger partial charge >= 0.3 is 0 Å². The number of fused-ring (bicyclic) bond motifs is 1. The minimum Gasteiger partial charge on any atom is -0.322 e. The number of aryl methyl sites for hydroxylation is 1. The molecule has 29 heavy (non-hydrogen) atoms. The Hall–Kier alpha value is -2.15. The van der Waals surface area contributed by atoms with Crippen LogP contribution >= 0.6 is 34.8 Å². The molecule has 3 aromatic rings. The molecule has 0 fully saturated rings. The molecule has 5 nitrogen and oxygen atoms in total. The largest absolute Gasteiger partial charge is 0.322 e. The van der Waals surface area contributed by atoms with E-state index in [4.69, 9.17) is 34.8 Å². The molecule has 2 aromatic carbocycles. The molecule has 1 aromatic heterocycles. The SMILES string of the molecule is O=C(Nc1ccc(Cl)c(-c2nnc3n2CCCCC3)c1)c1cc(F)c(Cl)cc1Cl. The van der Waals surface area contributed by atoms with E-state index in [1.54, 1.807) is 18.2 Å². The lowest BCUT2D eigenvalue weighted by molar-refractivity contribution is 0.102. The van der Waals surface area contributed by atoms with Gasteiger partial charge < -0.3 is 9.88 Å². The zero-order valence-corrected chi connectivity index (χ0v) is 17.5. The highest BCUT2D eigenvalue weighted by Gasteiger charge is 2.19. The number of nitrogens with one attached hydrogen (secondary N) is 1. The number of rotatable bonds is 3. The Balaban J connectivity index is 1.65. The van der Waals surface area contributed by atoms with E-state index in [9.17, 15) is 9.18 Å². The Morgan fingerprint density at radius 2 is 1.83 bits per heavy atom. The van der Waals surface area contributed by atoms with E-state index in [1.165, 1.54) is 6.07 Å². The summed E-state index contributed by atoms with van der Waals surface area (Å²) in [6, 6.07) is 7.27. The third-order valence-corrected chi connectivity index (χ3v) is 5.76. The quantitative estimate of drug-likeness (QED) is 0.493. The Morgan fingerprint density at radius 3 is 2.66 bits per heavy atom. The van der Waals surface area contributed by atoms with Gasteiger partial charge in [-0.15, -0.1) is 10.2 Å². The lowest BCUT2D eigenvalue weighted by atomic mass is 10.1. The van der Waals surface area contributed by atoms with Gasteiger partial charge in [0, 0.05) is 24.2 Å². The van der Waals surface area contributed by atoms with Crippen molar-refractivity contribution in [2.45, 2.75) is 32.2 Å². The summed E-state index contributed by atoms with van der Waals surface area (Å²) in [6.45, 7) is 0.824. The van der Waals surface area contributed by atoms with Crippen LogP contribution in [0.4, 0.5) is 10.1 Å². The van der Waals surface area contributed by atoms with Crippen molar-refractivity contribution in [2.24, 2.45) is 0 Å². The molecule has 9 heteroatoms. The Morgan fingerprint density at radius 1 is 1.00 bits per heavy atom. The van der Waals surface area contributed by atoms with Gasteiger partial charge in [-0.05, 0) is 43.2 Å². The average molecular weight is 454 g/mol. The number of hydrogen-bond acceptors (Lipinski definition) is 3. The number of hydrogen-bond donors (Lipinski definition) is 1. The fraction of sp³-hybridized carbons (Fsp3) is 0.250. The Kier molecular flexibility index (Phi) is 5.76. The molecule has 2 heterocycles. The van der Waals surface area contributed by atoms with E-state index in [-0.39, 0.29) is 15.6 Å². The second kappa shape index (κ2) is 8.30. The zero-order chi connectivity index (χ0) is 20.5. The highest BCUT2D eigenvalue weighted by molar-refractivity contribution is 6.37. The van der Waals surface area contributed by atoms with E-state index >= 15 is 0 Å². The molecular formula is C20H16Cl3FN4O. The van der Waals surface area contributed by atoms with E-state index in [0.29, 0.717) is 22.1 Å². The summed E-state index contributed by atoms with van der Waals surface area (Å²) >= 11 is 18.1. The molecular weight excluding hydrogens is 438 g/mol. The van der Waals surface area contributed by atoms with Crippen molar-refractivity contribution in [1.82, 2.24) is 14.8 Å². The van der Waals surface area contributed by atoms with Gasteiger partial charge in [-0.3, -0.25) is 4.79 Å². The molecule has 1 amide bonds. The van der Waals surface area contributed by atoms with Crippen LogP contribution in [0.1, 0.15) is 35.4 Å². The van der Waals surface area contributed by atoms with Crippen LogP contribution in [0.5, 0.6) is 0 Å². The van der Waals surface area contributed by atoms with Crippen molar-refractivity contribution in [3.8, 4) is 11.4 Å². The predicted molar refractivity (Wildman–Crippen MR) is 112 cm³/mol. The van der Waals surface area contributed by atoms with Crippen LogP contribution in [0.3, 0.4) is 0 Å². The molecule has 0 saturated heterocycles. The van der Waals surface area contributed by atoms with Gasteiger partial charge in [0.25, 0.3) is 5.91 Å². The average Bonchev–Trinajstić information content (AvgIpc) is 2.93. The van der Waals surface area contributed by atoms with Gasteiger partial charge in [0.1, 0.15) is 11.6 Å². The summed E-state index contributed by atoms with van der Waals surface area (Å²) in [7, 11) is 0. The fourth-order valence-electron chi connectivity index (χ4n) is 3.35. The number of nitrogens with zero attached hydrogens (tertiary/aromatic N) is 3. The van der Waals surface area contributed by atoms with Gasteiger partial charge in [-0.25, -0.2) is 4.39 Å². The molecule has 0 spiro atoms. The van der Waals surface area contributed by atoms with Crippen molar-refractivity contribution in [2.75, 3.05) is 5.32 Å². The number of carbonyl (C=O) groups is 1. The van der Waals surface area contributed by atoms with Gasteiger partial charge in [-0.2, -0.15) is 0 Å². The maximum atomic E-state index is 13.7. The zero-order valence-electron chi connectivity index (χ0n) is 15.2. The standard InChI is InChI=1S/C20H16Cl3FN4O/c21-14-6-5-11(25-20(29)13-9-17(24)16(23)10-15(13)22)8-12(14)19-27-26-18-4-2-1-3-7-28(18)19/h5-6,8-10H,1-4,7H2,(H,25,29). The van der Waals surface area contributed by atoms with Crippen LogP contribution in [-0.4, -0.2) is 20.7 Å². The first kappa shape index (κ1) is 20.1. The molecule has 0 aliphatic carbocycles. The lowest BCUT2D eigenvalue weighted by Gasteiger charge is -2.12. The first-order chi connectivity index (χ1) is 13.9. The van der Waals surface area contributed by atoms with E-state index in [0.717, 1.165) is 44.1 Å². The summed E-state index contributed by atoms with van der Waals surface area (Å²) < 4.78 is 15.8. The smallest absolute Gasteiger partial charge is 0.257 e. The molecule has 150 valence electrons. The van der Waals surface area contributed by atoms with Gasteiger partial charge in [0.15, 0.2) is 5.82 Å². The Labute approximate surface area is 181 Å². The molecule has 0 saturated carbocycles. The summed E-state index contributed by atoms with van der Waals surface area (Å²) in [5.74, 6) is 0.327. The van der Waals surface area contributed by atoms with Crippen LogP contribution in [-0.2, 0) is 13.0 Å². The summed E-state index contributed by atoms with van der Waals surface area (Å²) in [5.41, 5.74) is 1.13. The second-order valence-electron chi connectivity index (χ2n) is 6.80. The lowest BCUT2D eigenvalue weighted by Crippen LogP contribution is -2.13. The van der Waals surface area contributed by atoms with Crippen molar-refractivity contribution in [1.29, 1.82) is 0 Å². The van der Waals surface area contributed by atoms with Crippen LogP contribution < -0.4 is 5.32 Å². The number of benzene rings is 2. The summed E-state index contributed by atoms with van der Waals surface area (Å²) in [6.07, 6.45) is 4.15. The number of halogens is 4. The van der Waals surface area contributed by atoms with E-state index < -0.39 is 11.7 Å². The molecule has 1 aliphatic heterocycles. The van der Waals surface area contributed by atoms with Crippen molar-refractivity contribution in [3.05, 3.63) is 62.6 Å². The minimum atomic E-state index is -0.718. The molecule has 0 atom stereocenters. The molecule has 1 aliphatic rings. The third kappa shape index (κ3) is 4.10. The van der Waals surface area contributed by atoms with Crippen LogP contribution in [0.25, 0.3) is 11.4 Å². The molecule has 0 radical (unpaired) electrons.